The lowest BCUT2D eigenvalue weighted by Crippen LogP contribution is -2.41. The van der Waals surface area contributed by atoms with Gasteiger partial charge in [0, 0.05) is 24.2 Å². The molecule has 2 aromatic rings. The van der Waals surface area contributed by atoms with Crippen molar-refractivity contribution in [3.63, 3.8) is 0 Å². The minimum absolute atomic E-state index is 0. The number of halogens is 2. The summed E-state index contributed by atoms with van der Waals surface area (Å²) in [5, 5.41) is 15.1. The number of imidazole rings is 1. The van der Waals surface area contributed by atoms with Gasteiger partial charge >= 0.3 is 5.97 Å². The highest BCUT2D eigenvalue weighted by Gasteiger charge is 2.21. The average molecular weight is 449 g/mol. The van der Waals surface area contributed by atoms with Gasteiger partial charge in [0.05, 0.1) is 12.0 Å². The van der Waals surface area contributed by atoms with Crippen LogP contribution in [0.4, 0.5) is 0 Å². The van der Waals surface area contributed by atoms with Crippen LogP contribution in [0.15, 0.2) is 36.8 Å². The van der Waals surface area contributed by atoms with E-state index in [0.29, 0.717) is 24.2 Å². The molecule has 1 amide bonds. The van der Waals surface area contributed by atoms with Crippen molar-refractivity contribution in [3.8, 4) is 0 Å². The highest BCUT2D eigenvalue weighted by molar-refractivity contribution is 7.98. The number of likely N-dealkylation sites (N-methyl/N-ethyl adjacent to an activating group) is 1. The Morgan fingerprint density at radius 1 is 1.32 bits per heavy atom. The van der Waals surface area contributed by atoms with E-state index in [1.54, 1.807) is 36.3 Å². The lowest BCUT2D eigenvalue weighted by Gasteiger charge is -2.17. The van der Waals surface area contributed by atoms with Crippen LogP contribution in [0, 0.1) is 0 Å². The molecule has 0 radical (unpaired) electrons. The molecule has 156 valence electrons. The number of benzene rings is 1. The fourth-order valence-electron chi connectivity index (χ4n) is 2.63. The Balaban J connectivity index is 0.00000364. The lowest BCUT2D eigenvalue weighted by molar-refractivity contribution is -0.139. The van der Waals surface area contributed by atoms with Crippen molar-refractivity contribution in [2.24, 2.45) is 0 Å². The van der Waals surface area contributed by atoms with Crippen LogP contribution in [-0.4, -0.2) is 52.0 Å². The van der Waals surface area contributed by atoms with Crippen molar-refractivity contribution in [2.45, 2.75) is 24.9 Å². The van der Waals surface area contributed by atoms with Gasteiger partial charge in [-0.2, -0.15) is 11.8 Å². The van der Waals surface area contributed by atoms with E-state index in [1.165, 1.54) is 0 Å². The minimum Gasteiger partial charge on any atom is -0.480 e. The third-order valence-corrected chi connectivity index (χ3v) is 4.73. The summed E-state index contributed by atoms with van der Waals surface area (Å²) in [4.78, 5) is 31.0. The fraction of sp³-hybridized carbons (Fsp3) is 0.389. The van der Waals surface area contributed by atoms with E-state index in [9.17, 15) is 14.7 Å². The first-order valence-electron chi connectivity index (χ1n) is 8.32. The van der Waals surface area contributed by atoms with Crippen molar-refractivity contribution in [3.05, 3.63) is 53.6 Å². The number of carbonyl (C=O) groups is 2. The summed E-state index contributed by atoms with van der Waals surface area (Å²) in [5.74, 6) is -0.729. The number of carbonyl (C=O) groups excluding carboxylic acids is 1. The molecule has 4 N–H and O–H groups in total. The van der Waals surface area contributed by atoms with Gasteiger partial charge in [-0.15, -0.1) is 24.8 Å². The topological polar surface area (TPSA) is 107 Å². The predicted octanol–water partition coefficient (Wildman–Crippen LogP) is 2.69. The van der Waals surface area contributed by atoms with Crippen LogP contribution in [0.2, 0.25) is 0 Å². The number of carboxylic acid groups (broad SMARTS) is 1. The zero-order valence-corrected chi connectivity index (χ0v) is 18.1. The second kappa shape index (κ2) is 13.4. The number of rotatable bonds is 10. The van der Waals surface area contributed by atoms with E-state index in [-0.39, 0.29) is 36.8 Å². The molecular weight excluding hydrogens is 423 g/mol. The summed E-state index contributed by atoms with van der Waals surface area (Å²) in [6.07, 6.45) is 6.44. The fourth-order valence-corrected chi connectivity index (χ4v) is 3.10. The molecule has 1 aromatic heterocycles. The maximum atomic E-state index is 12.5. The number of aromatic nitrogens is 2. The Kier molecular flexibility index (Phi) is 12.6. The van der Waals surface area contributed by atoms with E-state index in [2.05, 4.69) is 20.6 Å². The van der Waals surface area contributed by atoms with Crippen molar-refractivity contribution < 1.29 is 14.7 Å². The number of carboxylic acids is 1. The number of amides is 1. The molecule has 1 aromatic carbocycles. The van der Waals surface area contributed by atoms with Gasteiger partial charge in [-0.3, -0.25) is 4.79 Å². The summed E-state index contributed by atoms with van der Waals surface area (Å²) >= 11 is 1.55. The number of hydrogen-bond acceptors (Lipinski definition) is 5. The molecule has 10 heteroatoms. The standard InChI is InChI=1S/C18H24N4O3S.2ClH/c1-19-16(9-14-10-20-11-21-14)12-4-3-5-13(8-12)17(23)22-15(18(24)25)6-7-26-2;;/h3-5,8,10-11,15-16,19H,6-7,9H2,1-2H3,(H,20,21)(H,22,23)(H,24,25);2*1H. The number of H-pyrrole nitrogens is 1. The molecule has 0 saturated carbocycles. The van der Waals surface area contributed by atoms with Gasteiger partial charge in [0.15, 0.2) is 0 Å². The normalized spacial score (nSPS) is 12.2. The van der Waals surface area contributed by atoms with Gasteiger partial charge in [-0.25, -0.2) is 9.78 Å². The van der Waals surface area contributed by atoms with Gasteiger partial charge in [-0.1, -0.05) is 12.1 Å². The third kappa shape index (κ3) is 7.71. The monoisotopic (exact) mass is 448 g/mol. The molecule has 0 aliphatic heterocycles. The van der Waals surface area contributed by atoms with E-state index < -0.39 is 12.0 Å². The number of hydrogen-bond donors (Lipinski definition) is 4. The first-order chi connectivity index (χ1) is 12.5. The average Bonchev–Trinajstić information content (AvgIpc) is 3.16. The summed E-state index contributed by atoms with van der Waals surface area (Å²) in [6, 6.07) is 6.33. The van der Waals surface area contributed by atoms with Crippen molar-refractivity contribution >= 4 is 48.5 Å². The van der Waals surface area contributed by atoms with Crippen LogP contribution in [-0.2, 0) is 11.2 Å². The third-order valence-electron chi connectivity index (χ3n) is 4.08. The zero-order valence-electron chi connectivity index (χ0n) is 15.7. The summed E-state index contributed by atoms with van der Waals surface area (Å²) < 4.78 is 0. The Bertz CT molecular complexity index is 731. The first kappa shape index (κ1) is 26.3. The summed E-state index contributed by atoms with van der Waals surface area (Å²) in [6.45, 7) is 0. The predicted molar refractivity (Wildman–Crippen MR) is 117 cm³/mol. The smallest absolute Gasteiger partial charge is 0.326 e. The van der Waals surface area contributed by atoms with E-state index in [0.717, 1.165) is 11.3 Å². The first-order valence-corrected chi connectivity index (χ1v) is 9.72. The van der Waals surface area contributed by atoms with Crippen LogP contribution in [0.5, 0.6) is 0 Å². The van der Waals surface area contributed by atoms with Gasteiger partial charge in [0.1, 0.15) is 6.04 Å². The lowest BCUT2D eigenvalue weighted by atomic mass is 10.00. The summed E-state index contributed by atoms with van der Waals surface area (Å²) in [7, 11) is 1.85. The number of nitrogens with zero attached hydrogens (tertiary/aromatic N) is 1. The van der Waals surface area contributed by atoms with Crippen LogP contribution in [0.25, 0.3) is 0 Å². The van der Waals surface area contributed by atoms with Crippen molar-refractivity contribution in [1.82, 2.24) is 20.6 Å². The van der Waals surface area contributed by atoms with Crippen LogP contribution in [0.1, 0.15) is 34.1 Å². The second-order valence-corrected chi connectivity index (χ2v) is 6.86. The van der Waals surface area contributed by atoms with Crippen LogP contribution < -0.4 is 10.6 Å². The number of nitrogens with one attached hydrogen (secondary N) is 3. The number of aromatic amines is 1. The van der Waals surface area contributed by atoms with Crippen LogP contribution in [0.3, 0.4) is 0 Å². The molecular formula is C18H26Cl2N4O3S. The van der Waals surface area contributed by atoms with Gasteiger partial charge in [0.25, 0.3) is 5.91 Å². The molecule has 7 nitrogen and oxygen atoms in total. The Labute approximate surface area is 181 Å². The quantitative estimate of drug-likeness (QED) is 0.444. The largest absolute Gasteiger partial charge is 0.480 e. The number of aliphatic carboxylic acids is 1. The molecule has 0 saturated heterocycles. The molecule has 0 aliphatic rings. The highest BCUT2D eigenvalue weighted by atomic mass is 35.5. The Morgan fingerprint density at radius 3 is 2.64 bits per heavy atom. The molecule has 0 spiro atoms. The molecule has 0 bridgehead atoms. The van der Waals surface area contributed by atoms with Crippen molar-refractivity contribution in [1.29, 1.82) is 0 Å². The molecule has 2 unspecified atom stereocenters. The molecule has 0 fully saturated rings. The maximum Gasteiger partial charge on any atom is 0.326 e. The van der Waals surface area contributed by atoms with Gasteiger partial charge in [0.2, 0.25) is 0 Å². The Morgan fingerprint density at radius 2 is 2.07 bits per heavy atom. The van der Waals surface area contributed by atoms with Crippen LogP contribution >= 0.6 is 36.6 Å². The van der Waals surface area contributed by atoms with Gasteiger partial charge in [-0.05, 0) is 43.2 Å². The molecule has 0 aliphatic carbocycles. The molecule has 28 heavy (non-hydrogen) atoms. The second-order valence-electron chi connectivity index (χ2n) is 5.88. The minimum atomic E-state index is -1.02. The number of thioether (sulfide) groups is 1. The zero-order chi connectivity index (χ0) is 18.9. The summed E-state index contributed by atoms with van der Waals surface area (Å²) in [5.41, 5.74) is 2.31. The molecule has 1 heterocycles. The van der Waals surface area contributed by atoms with E-state index in [1.807, 2.05) is 25.6 Å². The van der Waals surface area contributed by atoms with Crippen molar-refractivity contribution in [2.75, 3.05) is 19.1 Å². The molecule has 2 rings (SSSR count). The SMILES string of the molecule is CNC(Cc1c[nH]cn1)c1cccc(C(=O)NC(CCSC)C(=O)O)c1.Cl.Cl. The van der Waals surface area contributed by atoms with E-state index in [4.69, 9.17) is 0 Å². The maximum absolute atomic E-state index is 12.5. The Hall–Kier alpha value is -1.74. The molecule has 2 atom stereocenters. The van der Waals surface area contributed by atoms with Gasteiger partial charge < -0.3 is 20.7 Å². The highest BCUT2D eigenvalue weighted by Crippen LogP contribution is 2.18. The van der Waals surface area contributed by atoms with E-state index >= 15 is 0 Å².